The largest absolute Gasteiger partial charge is 0.465 e. The third-order valence-corrected chi connectivity index (χ3v) is 3.12. The first kappa shape index (κ1) is 15.0. The van der Waals surface area contributed by atoms with E-state index < -0.39 is 11.8 Å². The summed E-state index contributed by atoms with van der Waals surface area (Å²) in [6.07, 6.45) is 0. The van der Waals surface area contributed by atoms with E-state index in [-0.39, 0.29) is 11.4 Å². The van der Waals surface area contributed by atoms with Crippen LogP contribution in [0.1, 0.15) is 15.9 Å². The van der Waals surface area contributed by atoms with Crippen molar-refractivity contribution in [1.29, 1.82) is 0 Å². The highest BCUT2D eigenvalue weighted by Gasteiger charge is 2.13. The minimum atomic E-state index is -0.721. The van der Waals surface area contributed by atoms with Gasteiger partial charge in [0.25, 0.3) is 0 Å². The molecule has 0 heterocycles. The van der Waals surface area contributed by atoms with E-state index in [1.807, 2.05) is 0 Å². The molecule has 0 aliphatic carbocycles. The van der Waals surface area contributed by atoms with Crippen LogP contribution in [0.5, 0.6) is 0 Å². The van der Waals surface area contributed by atoms with Crippen molar-refractivity contribution < 1.29 is 18.3 Å². The number of hydrogen-bond donors (Lipinski definition) is 0. The van der Waals surface area contributed by atoms with Gasteiger partial charge in [-0.3, -0.25) is 0 Å². The van der Waals surface area contributed by atoms with Gasteiger partial charge in [-0.05, 0) is 29.8 Å². The fraction of sp³-hybridized carbons (Fsp3) is 0.188. The molecule has 0 radical (unpaired) electrons. The minimum absolute atomic E-state index is 0.116. The number of carbonyl (C=O) groups excluding carboxylic acids is 1. The molecule has 0 unspecified atom stereocenters. The molecule has 2 aromatic carbocycles. The number of ether oxygens (including phenoxy) is 1. The fourth-order valence-corrected chi connectivity index (χ4v) is 2.05. The zero-order valence-electron chi connectivity index (χ0n) is 11.8. The average molecular weight is 291 g/mol. The maximum atomic E-state index is 13.8. The van der Waals surface area contributed by atoms with Crippen molar-refractivity contribution in [3.8, 4) is 0 Å². The van der Waals surface area contributed by atoms with E-state index in [0.717, 1.165) is 0 Å². The maximum absolute atomic E-state index is 13.8. The van der Waals surface area contributed by atoms with Gasteiger partial charge in [0.05, 0.1) is 18.4 Å². The van der Waals surface area contributed by atoms with Crippen molar-refractivity contribution in [3.63, 3.8) is 0 Å². The molecule has 2 aromatic rings. The van der Waals surface area contributed by atoms with Crippen LogP contribution in [0.15, 0.2) is 42.5 Å². The quantitative estimate of drug-likeness (QED) is 0.809. The van der Waals surface area contributed by atoms with Gasteiger partial charge in [0.2, 0.25) is 0 Å². The summed E-state index contributed by atoms with van der Waals surface area (Å²) in [6.45, 7) is 0.319. The van der Waals surface area contributed by atoms with E-state index in [2.05, 4.69) is 4.74 Å². The lowest BCUT2D eigenvalue weighted by molar-refractivity contribution is 0.0595. The molecule has 2 rings (SSSR count). The minimum Gasteiger partial charge on any atom is -0.465 e. The van der Waals surface area contributed by atoms with Crippen LogP contribution in [-0.2, 0) is 11.3 Å². The number of nitrogens with zero attached hydrogens (tertiary/aromatic N) is 1. The second kappa shape index (κ2) is 6.35. The molecule has 0 aromatic heterocycles. The van der Waals surface area contributed by atoms with Gasteiger partial charge in [-0.1, -0.05) is 18.2 Å². The molecule has 0 spiro atoms. The monoisotopic (exact) mass is 291 g/mol. The van der Waals surface area contributed by atoms with E-state index in [9.17, 15) is 13.6 Å². The summed E-state index contributed by atoms with van der Waals surface area (Å²) in [5.41, 5.74) is 0.940. The summed E-state index contributed by atoms with van der Waals surface area (Å²) in [6, 6.07) is 10.6. The second-order valence-electron chi connectivity index (χ2n) is 4.61. The first-order chi connectivity index (χ1) is 10.0. The number of carbonyl (C=O) groups is 1. The molecule has 0 saturated carbocycles. The van der Waals surface area contributed by atoms with E-state index in [1.54, 1.807) is 36.2 Å². The standard InChI is InChI=1S/C16H15F2NO2/c1-19(15-6-4-3-5-13(15)17)10-11-7-8-12(14(18)9-11)16(20)21-2/h3-9H,10H2,1-2H3. The molecular weight excluding hydrogens is 276 g/mol. The van der Waals surface area contributed by atoms with E-state index in [0.29, 0.717) is 17.8 Å². The smallest absolute Gasteiger partial charge is 0.340 e. The Kier molecular flexibility index (Phi) is 4.52. The number of para-hydroxylation sites is 1. The van der Waals surface area contributed by atoms with E-state index >= 15 is 0 Å². The predicted molar refractivity (Wildman–Crippen MR) is 76.2 cm³/mol. The van der Waals surface area contributed by atoms with E-state index in [1.165, 1.54) is 25.3 Å². The first-order valence-corrected chi connectivity index (χ1v) is 6.35. The number of benzene rings is 2. The number of hydrogen-bond acceptors (Lipinski definition) is 3. The summed E-state index contributed by atoms with van der Waals surface area (Å²) in [7, 11) is 2.91. The Balaban J connectivity index is 2.19. The molecule has 0 fully saturated rings. The molecule has 0 amide bonds. The summed E-state index contributed by atoms with van der Waals surface area (Å²) in [4.78, 5) is 13.0. The highest BCUT2D eigenvalue weighted by Crippen LogP contribution is 2.20. The lowest BCUT2D eigenvalue weighted by atomic mass is 10.1. The third-order valence-electron chi connectivity index (χ3n) is 3.12. The Morgan fingerprint density at radius 2 is 1.86 bits per heavy atom. The highest BCUT2D eigenvalue weighted by molar-refractivity contribution is 5.89. The van der Waals surface area contributed by atoms with E-state index in [4.69, 9.17) is 0 Å². The third kappa shape index (κ3) is 3.37. The number of anilines is 1. The molecule has 0 N–H and O–H groups in total. The number of methoxy groups -OCH3 is 1. The van der Waals surface area contributed by atoms with Gasteiger partial charge < -0.3 is 9.64 Å². The molecule has 0 atom stereocenters. The van der Waals surface area contributed by atoms with Crippen LogP contribution in [0, 0.1) is 11.6 Å². The van der Waals surface area contributed by atoms with Crippen LogP contribution >= 0.6 is 0 Å². The van der Waals surface area contributed by atoms with Crippen LogP contribution < -0.4 is 4.90 Å². The first-order valence-electron chi connectivity index (χ1n) is 6.35. The predicted octanol–water partition coefficient (Wildman–Crippen LogP) is 3.39. The van der Waals surface area contributed by atoms with Gasteiger partial charge in [-0.2, -0.15) is 0 Å². The second-order valence-corrected chi connectivity index (χ2v) is 4.61. The lowest BCUT2D eigenvalue weighted by Crippen LogP contribution is -2.18. The molecule has 3 nitrogen and oxygen atoms in total. The van der Waals surface area contributed by atoms with Crippen LogP contribution in [0.3, 0.4) is 0 Å². The highest BCUT2D eigenvalue weighted by atomic mass is 19.1. The molecule has 110 valence electrons. The topological polar surface area (TPSA) is 29.5 Å². The average Bonchev–Trinajstić information content (AvgIpc) is 2.47. The summed E-state index contributed by atoms with van der Waals surface area (Å²) in [5, 5.41) is 0. The SMILES string of the molecule is COC(=O)c1ccc(CN(C)c2ccccc2F)cc1F. The molecule has 21 heavy (non-hydrogen) atoms. The van der Waals surface area contributed by atoms with Crippen LogP contribution in [0.2, 0.25) is 0 Å². The normalized spacial score (nSPS) is 10.3. The molecule has 5 heteroatoms. The summed E-state index contributed by atoms with van der Waals surface area (Å²) < 4.78 is 32.0. The molecular formula is C16H15F2NO2. The number of halogens is 2. The van der Waals surface area contributed by atoms with Gasteiger partial charge in [0.15, 0.2) is 0 Å². The van der Waals surface area contributed by atoms with Crippen molar-refractivity contribution in [2.24, 2.45) is 0 Å². The zero-order valence-corrected chi connectivity index (χ0v) is 11.8. The van der Waals surface area contributed by atoms with Gasteiger partial charge in [-0.25, -0.2) is 13.6 Å². The maximum Gasteiger partial charge on any atom is 0.340 e. The molecule has 0 bridgehead atoms. The van der Waals surface area contributed by atoms with Crippen molar-refractivity contribution >= 4 is 11.7 Å². The van der Waals surface area contributed by atoms with Crippen LogP contribution in [0.25, 0.3) is 0 Å². The summed E-state index contributed by atoms with van der Waals surface area (Å²) >= 11 is 0. The Hall–Kier alpha value is -2.43. The van der Waals surface area contributed by atoms with Crippen molar-refractivity contribution in [2.75, 3.05) is 19.1 Å². The van der Waals surface area contributed by atoms with Crippen LogP contribution in [0.4, 0.5) is 14.5 Å². The number of rotatable bonds is 4. The number of esters is 1. The van der Waals surface area contributed by atoms with Crippen molar-refractivity contribution in [1.82, 2.24) is 0 Å². The Morgan fingerprint density at radius 3 is 2.48 bits per heavy atom. The van der Waals surface area contributed by atoms with Crippen molar-refractivity contribution in [2.45, 2.75) is 6.54 Å². The molecule has 0 aliphatic rings. The zero-order chi connectivity index (χ0) is 15.4. The lowest BCUT2D eigenvalue weighted by Gasteiger charge is -2.20. The Labute approximate surface area is 121 Å². The fourth-order valence-electron chi connectivity index (χ4n) is 2.05. The van der Waals surface area contributed by atoms with Gasteiger partial charge in [0, 0.05) is 13.6 Å². The van der Waals surface area contributed by atoms with Crippen LogP contribution in [-0.4, -0.2) is 20.1 Å². The Bertz CT molecular complexity index is 658. The summed E-state index contributed by atoms with van der Waals surface area (Å²) in [5.74, 6) is -1.71. The van der Waals surface area contributed by atoms with Crippen molar-refractivity contribution in [3.05, 3.63) is 65.2 Å². The van der Waals surface area contributed by atoms with Gasteiger partial charge in [-0.15, -0.1) is 0 Å². The van der Waals surface area contributed by atoms with Gasteiger partial charge >= 0.3 is 5.97 Å². The Morgan fingerprint density at radius 1 is 1.14 bits per heavy atom. The van der Waals surface area contributed by atoms with Gasteiger partial charge in [0.1, 0.15) is 11.6 Å². The molecule has 0 saturated heterocycles. The molecule has 0 aliphatic heterocycles.